The highest BCUT2D eigenvalue weighted by atomic mass is 35.5. The first kappa shape index (κ1) is 18.1. The average molecular weight is 409 g/mol. The lowest BCUT2D eigenvalue weighted by Gasteiger charge is -2.13. The van der Waals surface area contributed by atoms with Crippen LogP contribution in [0.25, 0.3) is 22.8 Å². The molecule has 0 unspecified atom stereocenters. The summed E-state index contributed by atoms with van der Waals surface area (Å²) >= 11 is 5.90. The molecule has 142 valence electrons. The first-order valence-electron chi connectivity index (χ1n) is 7.80. The Kier molecular flexibility index (Phi) is 4.34. The van der Waals surface area contributed by atoms with E-state index in [9.17, 15) is 17.6 Å². The maximum Gasteiger partial charge on any atom is 0.434 e. The van der Waals surface area contributed by atoms with E-state index in [2.05, 4.69) is 20.6 Å². The van der Waals surface area contributed by atoms with Crippen LogP contribution < -0.4 is 0 Å². The van der Waals surface area contributed by atoms with Gasteiger partial charge in [-0.2, -0.15) is 23.0 Å². The second-order valence-electron chi connectivity index (χ2n) is 5.69. The fraction of sp³-hybridized carbons (Fsp3) is 0.0588. The van der Waals surface area contributed by atoms with Crippen LogP contribution in [0.3, 0.4) is 0 Å². The third-order valence-electron chi connectivity index (χ3n) is 3.87. The molecule has 0 fully saturated rings. The molecule has 0 atom stereocenters. The van der Waals surface area contributed by atoms with E-state index in [1.54, 1.807) is 0 Å². The number of nitrogens with zero attached hydrogens (tertiary/aromatic N) is 6. The van der Waals surface area contributed by atoms with Crippen molar-refractivity contribution in [3.8, 4) is 22.8 Å². The lowest BCUT2D eigenvalue weighted by molar-refractivity contribution is -0.142. The summed E-state index contributed by atoms with van der Waals surface area (Å²) < 4.78 is 56.6. The van der Waals surface area contributed by atoms with Gasteiger partial charge in [0.05, 0.1) is 23.1 Å². The van der Waals surface area contributed by atoms with Gasteiger partial charge in [0.25, 0.3) is 0 Å². The molecule has 2 aromatic carbocycles. The Morgan fingerprint density at radius 1 is 0.929 bits per heavy atom. The Balaban J connectivity index is 1.91. The maximum absolute atomic E-state index is 13.9. The molecule has 0 aliphatic heterocycles. The summed E-state index contributed by atoms with van der Waals surface area (Å²) in [7, 11) is 0. The van der Waals surface area contributed by atoms with Crippen LogP contribution in [0.2, 0.25) is 5.02 Å². The highest BCUT2D eigenvalue weighted by Gasteiger charge is 2.40. The average Bonchev–Trinajstić information content (AvgIpc) is 3.28. The fourth-order valence-electron chi connectivity index (χ4n) is 2.70. The van der Waals surface area contributed by atoms with Crippen molar-refractivity contribution in [1.82, 2.24) is 30.0 Å². The van der Waals surface area contributed by atoms with Crippen molar-refractivity contribution in [2.24, 2.45) is 0 Å². The summed E-state index contributed by atoms with van der Waals surface area (Å²) in [5, 5.41) is 15.0. The number of benzene rings is 2. The summed E-state index contributed by atoms with van der Waals surface area (Å²) in [6.45, 7) is 0. The van der Waals surface area contributed by atoms with Gasteiger partial charge in [0.1, 0.15) is 5.82 Å². The Bertz CT molecular complexity index is 1130. The lowest BCUT2D eigenvalue weighted by Crippen LogP contribution is -2.15. The molecule has 0 bridgehead atoms. The molecule has 6 nitrogen and oxygen atoms in total. The zero-order valence-electron chi connectivity index (χ0n) is 13.8. The molecule has 11 heteroatoms. The standard InChI is InChI=1S/C17H9ClF4N6/c18-10-2-1-3-13(8-10)27-15(17(20,21)22)14(9-23-27)16-24-25-26-28(16)12-6-4-11(19)5-7-12/h1-9H. The molecular weight excluding hydrogens is 400 g/mol. The molecule has 0 N–H and O–H groups in total. The molecule has 0 amide bonds. The summed E-state index contributed by atoms with van der Waals surface area (Å²) in [5.41, 5.74) is -0.966. The number of hydrogen-bond donors (Lipinski definition) is 0. The molecule has 0 aliphatic rings. The predicted octanol–water partition coefficient (Wildman–Crippen LogP) is 4.33. The number of rotatable bonds is 3. The minimum atomic E-state index is -4.76. The van der Waals surface area contributed by atoms with Gasteiger partial charge in [-0.05, 0) is 52.9 Å². The Morgan fingerprint density at radius 2 is 1.68 bits per heavy atom. The van der Waals surface area contributed by atoms with Gasteiger partial charge < -0.3 is 0 Å². The second-order valence-corrected chi connectivity index (χ2v) is 6.12. The van der Waals surface area contributed by atoms with E-state index in [0.717, 1.165) is 27.7 Å². The number of hydrogen-bond acceptors (Lipinski definition) is 4. The molecule has 4 aromatic rings. The van der Waals surface area contributed by atoms with Crippen LogP contribution in [0.15, 0.2) is 54.7 Å². The maximum atomic E-state index is 13.9. The highest BCUT2D eigenvalue weighted by molar-refractivity contribution is 6.30. The molecule has 28 heavy (non-hydrogen) atoms. The number of tetrazole rings is 1. The first-order valence-corrected chi connectivity index (χ1v) is 8.18. The number of halogens is 5. The third kappa shape index (κ3) is 3.22. The fourth-order valence-corrected chi connectivity index (χ4v) is 2.88. The molecule has 4 rings (SSSR count). The smallest absolute Gasteiger partial charge is 0.228 e. The van der Waals surface area contributed by atoms with E-state index < -0.39 is 17.7 Å². The molecule has 0 spiro atoms. The van der Waals surface area contributed by atoms with E-state index in [4.69, 9.17) is 11.6 Å². The molecule has 0 saturated heterocycles. The molecule has 2 heterocycles. The minimum Gasteiger partial charge on any atom is -0.228 e. The van der Waals surface area contributed by atoms with E-state index in [-0.39, 0.29) is 22.1 Å². The zero-order valence-corrected chi connectivity index (χ0v) is 14.5. The van der Waals surface area contributed by atoms with E-state index in [1.165, 1.54) is 36.4 Å². The summed E-state index contributed by atoms with van der Waals surface area (Å²) in [6.07, 6.45) is -3.73. The Labute approximate surface area is 160 Å². The zero-order chi connectivity index (χ0) is 19.9. The van der Waals surface area contributed by atoms with Crippen molar-refractivity contribution in [2.75, 3.05) is 0 Å². The van der Waals surface area contributed by atoms with Crippen LogP contribution >= 0.6 is 11.6 Å². The van der Waals surface area contributed by atoms with Crippen molar-refractivity contribution in [1.29, 1.82) is 0 Å². The molecular formula is C17H9ClF4N6. The van der Waals surface area contributed by atoms with Crippen molar-refractivity contribution < 1.29 is 17.6 Å². The van der Waals surface area contributed by atoms with Crippen LogP contribution in [-0.2, 0) is 6.18 Å². The molecule has 0 saturated carbocycles. The normalized spacial score (nSPS) is 11.8. The Hall–Kier alpha value is -3.27. The molecule has 2 aromatic heterocycles. The van der Waals surface area contributed by atoms with Crippen LogP contribution in [0.5, 0.6) is 0 Å². The van der Waals surface area contributed by atoms with E-state index >= 15 is 0 Å². The summed E-state index contributed by atoms with van der Waals surface area (Å²) in [4.78, 5) is 0. The lowest BCUT2D eigenvalue weighted by atomic mass is 10.2. The third-order valence-corrected chi connectivity index (χ3v) is 4.11. The van der Waals surface area contributed by atoms with Gasteiger partial charge in [-0.1, -0.05) is 17.7 Å². The Morgan fingerprint density at radius 3 is 2.36 bits per heavy atom. The van der Waals surface area contributed by atoms with Gasteiger partial charge in [0, 0.05) is 5.02 Å². The number of aromatic nitrogens is 6. The van der Waals surface area contributed by atoms with E-state index in [1.807, 2.05) is 0 Å². The molecule has 0 radical (unpaired) electrons. The topological polar surface area (TPSA) is 61.4 Å². The van der Waals surface area contributed by atoms with Crippen LogP contribution in [-0.4, -0.2) is 30.0 Å². The van der Waals surface area contributed by atoms with Crippen molar-refractivity contribution in [3.63, 3.8) is 0 Å². The van der Waals surface area contributed by atoms with Gasteiger partial charge in [-0.25, -0.2) is 9.07 Å². The van der Waals surface area contributed by atoms with Gasteiger partial charge in [0.2, 0.25) is 0 Å². The highest BCUT2D eigenvalue weighted by Crippen LogP contribution is 2.38. The van der Waals surface area contributed by atoms with Crippen LogP contribution in [0.4, 0.5) is 17.6 Å². The van der Waals surface area contributed by atoms with Gasteiger partial charge >= 0.3 is 6.18 Å². The predicted molar refractivity (Wildman–Crippen MR) is 91.7 cm³/mol. The summed E-state index contributed by atoms with van der Waals surface area (Å²) in [5.74, 6) is -0.685. The minimum absolute atomic E-state index is 0.131. The first-order chi connectivity index (χ1) is 13.3. The second kappa shape index (κ2) is 6.71. The van der Waals surface area contributed by atoms with Crippen molar-refractivity contribution in [3.05, 3.63) is 71.3 Å². The van der Waals surface area contributed by atoms with Crippen LogP contribution in [0.1, 0.15) is 5.69 Å². The van der Waals surface area contributed by atoms with Crippen molar-refractivity contribution in [2.45, 2.75) is 6.18 Å². The largest absolute Gasteiger partial charge is 0.434 e. The molecule has 0 aliphatic carbocycles. The summed E-state index contributed by atoms with van der Waals surface area (Å²) in [6, 6.07) is 10.9. The van der Waals surface area contributed by atoms with Gasteiger partial charge in [-0.15, -0.1) is 5.10 Å². The number of alkyl halides is 3. The van der Waals surface area contributed by atoms with Crippen LogP contribution in [0, 0.1) is 5.82 Å². The monoisotopic (exact) mass is 408 g/mol. The van der Waals surface area contributed by atoms with E-state index in [0.29, 0.717) is 5.69 Å². The quantitative estimate of drug-likeness (QED) is 0.473. The van der Waals surface area contributed by atoms with Gasteiger partial charge in [0.15, 0.2) is 11.5 Å². The van der Waals surface area contributed by atoms with Gasteiger partial charge in [-0.3, -0.25) is 0 Å². The SMILES string of the molecule is Fc1ccc(-n2nnnc2-c2cnn(-c3cccc(Cl)c3)c2C(F)(F)F)cc1. The van der Waals surface area contributed by atoms with Crippen molar-refractivity contribution >= 4 is 11.6 Å².